The van der Waals surface area contributed by atoms with Crippen LogP contribution in [0.4, 0.5) is 0 Å². The second-order valence-corrected chi connectivity index (χ2v) is 3.94. The molecule has 0 fully saturated rings. The van der Waals surface area contributed by atoms with Crippen LogP contribution in [-0.4, -0.2) is 17.9 Å². The van der Waals surface area contributed by atoms with Crippen LogP contribution < -0.4 is 0 Å². The van der Waals surface area contributed by atoms with Gasteiger partial charge in [0.2, 0.25) is 0 Å². The standard InChI is InChI=1S/C13H18O3/c1-3-4-9-13(16-10(2)14)11-7-5-6-8-12(11)15/h3,7,13H,1,4-6,8-9H2,2H3. The first-order valence-corrected chi connectivity index (χ1v) is 5.66. The Morgan fingerprint density at radius 2 is 2.44 bits per heavy atom. The zero-order chi connectivity index (χ0) is 12.0. The van der Waals surface area contributed by atoms with Gasteiger partial charge in [0.25, 0.3) is 0 Å². The fourth-order valence-corrected chi connectivity index (χ4v) is 1.84. The summed E-state index contributed by atoms with van der Waals surface area (Å²) in [6.07, 6.45) is 7.03. The van der Waals surface area contributed by atoms with Crippen LogP contribution >= 0.6 is 0 Å². The third kappa shape index (κ3) is 3.65. The lowest BCUT2D eigenvalue weighted by Gasteiger charge is -2.21. The summed E-state index contributed by atoms with van der Waals surface area (Å²) in [5.74, 6) is -0.227. The van der Waals surface area contributed by atoms with Crippen LogP contribution in [0.2, 0.25) is 0 Å². The van der Waals surface area contributed by atoms with Crippen molar-refractivity contribution in [2.45, 2.75) is 45.1 Å². The van der Waals surface area contributed by atoms with E-state index >= 15 is 0 Å². The number of hydrogen-bond donors (Lipinski definition) is 0. The highest BCUT2D eigenvalue weighted by Gasteiger charge is 2.24. The van der Waals surface area contributed by atoms with Crippen molar-refractivity contribution < 1.29 is 14.3 Å². The SMILES string of the molecule is C=CCCC(OC(C)=O)C1=CCCCC1=O. The molecule has 0 radical (unpaired) electrons. The Bertz CT molecular complexity index is 315. The summed E-state index contributed by atoms with van der Waals surface area (Å²) in [6.45, 7) is 5.00. The van der Waals surface area contributed by atoms with Crippen molar-refractivity contribution in [2.24, 2.45) is 0 Å². The van der Waals surface area contributed by atoms with Gasteiger partial charge in [0, 0.05) is 18.9 Å². The van der Waals surface area contributed by atoms with Crippen molar-refractivity contribution in [1.29, 1.82) is 0 Å². The first-order chi connectivity index (χ1) is 7.65. The number of allylic oxidation sites excluding steroid dienone is 2. The van der Waals surface area contributed by atoms with Crippen LogP contribution in [0.15, 0.2) is 24.3 Å². The smallest absolute Gasteiger partial charge is 0.303 e. The van der Waals surface area contributed by atoms with Crippen LogP contribution in [0.1, 0.15) is 39.0 Å². The van der Waals surface area contributed by atoms with E-state index in [9.17, 15) is 9.59 Å². The molecule has 1 aliphatic carbocycles. The van der Waals surface area contributed by atoms with Gasteiger partial charge >= 0.3 is 5.97 Å². The summed E-state index contributed by atoms with van der Waals surface area (Å²) >= 11 is 0. The summed E-state index contributed by atoms with van der Waals surface area (Å²) in [4.78, 5) is 22.7. The second-order valence-electron chi connectivity index (χ2n) is 3.94. The average molecular weight is 222 g/mol. The molecular weight excluding hydrogens is 204 g/mol. The lowest BCUT2D eigenvalue weighted by atomic mass is 9.92. The number of ether oxygens (including phenoxy) is 1. The number of hydrogen-bond acceptors (Lipinski definition) is 3. The van der Waals surface area contributed by atoms with Gasteiger partial charge in [-0.3, -0.25) is 9.59 Å². The van der Waals surface area contributed by atoms with Gasteiger partial charge in [0.1, 0.15) is 6.10 Å². The maximum Gasteiger partial charge on any atom is 0.303 e. The van der Waals surface area contributed by atoms with Crippen LogP contribution in [-0.2, 0) is 14.3 Å². The first kappa shape index (κ1) is 12.7. The van der Waals surface area contributed by atoms with E-state index in [1.165, 1.54) is 6.92 Å². The van der Waals surface area contributed by atoms with Crippen molar-refractivity contribution in [3.05, 3.63) is 24.3 Å². The summed E-state index contributed by atoms with van der Waals surface area (Å²) in [6, 6.07) is 0. The largest absolute Gasteiger partial charge is 0.458 e. The fourth-order valence-electron chi connectivity index (χ4n) is 1.84. The molecule has 0 spiro atoms. The molecule has 1 atom stereocenters. The Morgan fingerprint density at radius 1 is 1.69 bits per heavy atom. The van der Waals surface area contributed by atoms with E-state index in [1.807, 2.05) is 6.08 Å². The minimum absolute atomic E-state index is 0.113. The van der Waals surface area contributed by atoms with E-state index in [0.29, 0.717) is 18.4 Å². The summed E-state index contributed by atoms with van der Waals surface area (Å²) in [5.41, 5.74) is 0.670. The molecule has 0 heterocycles. The number of carbonyl (C=O) groups is 2. The highest BCUT2D eigenvalue weighted by molar-refractivity contribution is 5.97. The number of Topliss-reactive ketones (excluding diaryl/α,β-unsaturated/α-hetero) is 1. The monoisotopic (exact) mass is 222 g/mol. The molecule has 1 unspecified atom stereocenters. The highest BCUT2D eigenvalue weighted by atomic mass is 16.5. The maximum absolute atomic E-state index is 11.7. The number of rotatable bonds is 5. The molecule has 0 amide bonds. The Hall–Kier alpha value is -1.38. The normalized spacial score (nSPS) is 17.6. The molecule has 0 aromatic rings. The van der Waals surface area contributed by atoms with E-state index in [1.54, 1.807) is 6.08 Å². The minimum atomic E-state index is -0.386. The molecule has 0 aromatic heterocycles. The molecule has 0 bridgehead atoms. The van der Waals surface area contributed by atoms with Crippen molar-refractivity contribution >= 4 is 11.8 Å². The van der Waals surface area contributed by atoms with E-state index in [4.69, 9.17) is 4.74 Å². The van der Waals surface area contributed by atoms with Gasteiger partial charge in [-0.15, -0.1) is 6.58 Å². The molecule has 0 aromatic carbocycles. The molecule has 0 saturated heterocycles. The van der Waals surface area contributed by atoms with Crippen molar-refractivity contribution in [2.75, 3.05) is 0 Å². The zero-order valence-corrected chi connectivity index (χ0v) is 9.70. The second kappa shape index (κ2) is 6.26. The number of esters is 1. The van der Waals surface area contributed by atoms with Crippen LogP contribution in [0.5, 0.6) is 0 Å². The van der Waals surface area contributed by atoms with Crippen LogP contribution in [0.25, 0.3) is 0 Å². The van der Waals surface area contributed by atoms with E-state index < -0.39 is 0 Å². The lowest BCUT2D eigenvalue weighted by Crippen LogP contribution is -2.25. The topological polar surface area (TPSA) is 43.4 Å². The van der Waals surface area contributed by atoms with E-state index in [2.05, 4.69) is 6.58 Å². The van der Waals surface area contributed by atoms with Gasteiger partial charge in [0.05, 0.1) is 0 Å². The van der Waals surface area contributed by atoms with Gasteiger partial charge < -0.3 is 4.74 Å². The molecule has 1 aliphatic rings. The maximum atomic E-state index is 11.7. The Labute approximate surface area is 96.2 Å². The molecular formula is C13H18O3. The van der Waals surface area contributed by atoms with Crippen molar-refractivity contribution in [1.82, 2.24) is 0 Å². The quantitative estimate of drug-likeness (QED) is 0.530. The molecule has 0 aliphatic heterocycles. The van der Waals surface area contributed by atoms with Crippen molar-refractivity contribution in [3.63, 3.8) is 0 Å². The predicted octanol–water partition coefficient (Wildman–Crippen LogP) is 2.56. The summed E-state index contributed by atoms with van der Waals surface area (Å²) < 4.78 is 5.19. The van der Waals surface area contributed by atoms with Crippen LogP contribution in [0, 0.1) is 0 Å². The Balaban J connectivity index is 2.73. The van der Waals surface area contributed by atoms with Gasteiger partial charge in [-0.25, -0.2) is 0 Å². The fraction of sp³-hybridized carbons (Fsp3) is 0.538. The Morgan fingerprint density at radius 3 is 3.00 bits per heavy atom. The van der Waals surface area contributed by atoms with E-state index in [0.717, 1.165) is 19.3 Å². The van der Waals surface area contributed by atoms with E-state index in [-0.39, 0.29) is 17.9 Å². The molecule has 3 heteroatoms. The highest BCUT2D eigenvalue weighted by Crippen LogP contribution is 2.22. The van der Waals surface area contributed by atoms with Gasteiger partial charge in [0.15, 0.2) is 5.78 Å². The van der Waals surface area contributed by atoms with Gasteiger partial charge in [-0.1, -0.05) is 12.2 Å². The molecule has 0 N–H and O–H groups in total. The third-order valence-electron chi connectivity index (χ3n) is 2.58. The molecule has 3 nitrogen and oxygen atoms in total. The average Bonchev–Trinajstić information content (AvgIpc) is 2.24. The van der Waals surface area contributed by atoms with Gasteiger partial charge in [-0.2, -0.15) is 0 Å². The predicted molar refractivity (Wildman–Crippen MR) is 61.9 cm³/mol. The number of ketones is 1. The van der Waals surface area contributed by atoms with Crippen molar-refractivity contribution in [3.8, 4) is 0 Å². The zero-order valence-electron chi connectivity index (χ0n) is 9.70. The molecule has 1 rings (SSSR count). The molecule has 0 saturated carbocycles. The van der Waals surface area contributed by atoms with Crippen LogP contribution in [0.3, 0.4) is 0 Å². The summed E-state index contributed by atoms with van der Waals surface area (Å²) in [5, 5.41) is 0. The third-order valence-corrected chi connectivity index (χ3v) is 2.58. The Kier molecular flexibility index (Phi) is 4.96. The molecule has 88 valence electrons. The lowest BCUT2D eigenvalue weighted by molar-refractivity contribution is -0.145. The first-order valence-electron chi connectivity index (χ1n) is 5.66. The van der Waals surface area contributed by atoms with Gasteiger partial charge in [-0.05, 0) is 25.7 Å². The molecule has 16 heavy (non-hydrogen) atoms. The minimum Gasteiger partial charge on any atom is -0.458 e. The summed E-state index contributed by atoms with van der Waals surface area (Å²) in [7, 11) is 0. The number of carbonyl (C=O) groups excluding carboxylic acids is 2.